The molecule has 2 aliphatic rings. The Morgan fingerprint density at radius 3 is 2.56 bits per heavy atom. The van der Waals surface area contributed by atoms with Crippen molar-refractivity contribution in [1.82, 2.24) is 14.9 Å². The third kappa shape index (κ3) is 4.93. The number of aromatic nitrogens is 2. The average molecular weight is 592 g/mol. The molecule has 4 heterocycles. The van der Waals surface area contributed by atoms with E-state index < -0.39 is 10.0 Å². The fourth-order valence-corrected chi connectivity index (χ4v) is 6.49. The first-order valence-corrected chi connectivity index (χ1v) is 15.2. The number of sulfonamides is 1. The molecule has 2 N–H and O–H groups in total. The van der Waals surface area contributed by atoms with Gasteiger partial charge in [-0.05, 0) is 74.1 Å². The third-order valence-corrected chi connectivity index (χ3v) is 8.17. The maximum Gasteiger partial charge on any atom is 0.231 e. The molecule has 2 atom stereocenters. The maximum absolute atomic E-state index is 11.9. The highest BCUT2D eigenvalue weighted by Crippen LogP contribution is 2.45. The van der Waals surface area contributed by atoms with E-state index >= 15 is 0 Å². The van der Waals surface area contributed by atoms with Gasteiger partial charge in [-0.1, -0.05) is 6.07 Å². The summed E-state index contributed by atoms with van der Waals surface area (Å²) in [5.74, 6) is 1.82. The van der Waals surface area contributed by atoms with Gasteiger partial charge in [0.05, 0.1) is 36.8 Å². The van der Waals surface area contributed by atoms with Crippen LogP contribution in [0.25, 0.3) is 5.69 Å². The summed E-state index contributed by atoms with van der Waals surface area (Å²) in [6.45, 7) is 4.36. The largest absolute Gasteiger partial charge is 0.494 e. The van der Waals surface area contributed by atoms with Crippen LogP contribution in [0.15, 0.2) is 66.9 Å². The Balaban J connectivity index is 1.48. The molecule has 0 amide bonds. The second-order valence-electron chi connectivity index (χ2n) is 9.95. The first-order chi connectivity index (χ1) is 19.6. The van der Waals surface area contributed by atoms with Crippen LogP contribution in [0.5, 0.6) is 17.2 Å². The molecule has 2 aromatic carbocycles. The second kappa shape index (κ2) is 10.3. The Hall–Kier alpha value is -4.29. The number of pyridine rings is 1. The van der Waals surface area contributed by atoms with Gasteiger partial charge in [0.25, 0.3) is 0 Å². The summed E-state index contributed by atoms with van der Waals surface area (Å²) in [7, 11) is -2.00. The molecule has 0 aliphatic carbocycles. The second-order valence-corrected chi connectivity index (χ2v) is 12.1. The van der Waals surface area contributed by atoms with Crippen LogP contribution in [0.1, 0.15) is 34.7 Å². The van der Waals surface area contributed by atoms with Crippen molar-refractivity contribution in [3.05, 3.63) is 89.5 Å². The van der Waals surface area contributed by atoms with E-state index in [1.165, 1.54) is 7.11 Å². The molecule has 2 aromatic heterocycles. The van der Waals surface area contributed by atoms with Gasteiger partial charge in [0, 0.05) is 41.1 Å². The number of aryl methyl sites for hydroxylation is 1. The minimum Gasteiger partial charge on any atom is -0.494 e. The first kappa shape index (κ1) is 26.9. The van der Waals surface area contributed by atoms with Crippen LogP contribution >= 0.6 is 12.2 Å². The predicted molar refractivity (Wildman–Crippen MR) is 161 cm³/mol. The van der Waals surface area contributed by atoms with Crippen LogP contribution < -0.4 is 29.1 Å². The van der Waals surface area contributed by atoms with E-state index in [4.69, 9.17) is 26.4 Å². The molecule has 12 heteroatoms. The zero-order valence-corrected chi connectivity index (χ0v) is 24.5. The molecule has 0 unspecified atom stereocenters. The van der Waals surface area contributed by atoms with Crippen molar-refractivity contribution < 1.29 is 22.6 Å². The van der Waals surface area contributed by atoms with E-state index in [1.54, 1.807) is 18.3 Å². The first-order valence-electron chi connectivity index (χ1n) is 12.9. The molecular weight excluding hydrogens is 562 g/mol. The Morgan fingerprint density at radius 1 is 1.05 bits per heavy atom. The molecule has 0 spiro atoms. The lowest BCUT2D eigenvalue weighted by Crippen LogP contribution is -2.29. The Morgan fingerprint density at radius 2 is 1.83 bits per heavy atom. The van der Waals surface area contributed by atoms with Gasteiger partial charge >= 0.3 is 0 Å². The fourth-order valence-electron chi connectivity index (χ4n) is 5.57. The van der Waals surface area contributed by atoms with E-state index in [1.807, 2.05) is 47.4 Å². The van der Waals surface area contributed by atoms with Crippen LogP contribution in [0.4, 0.5) is 11.4 Å². The quantitative estimate of drug-likeness (QED) is 0.294. The van der Waals surface area contributed by atoms with Crippen molar-refractivity contribution in [2.75, 3.05) is 29.8 Å². The van der Waals surface area contributed by atoms with Gasteiger partial charge in [0.2, 0.25) is 16.8 Å². The van der Waals surface area contributed by atoms with Gasteiger partial charge in [-0.25, -0.2) is 8.42 Å². The maximum atomic E-state index is 11.9. The van der Waals surface area contributed by atoms with Crippen LogP contribution in [-0.4, -0.2) is 43.2 Å². The lowest BCUT2D eigenvalue weighted by molar-refractivity contribution is 0.174. The number of hydrogen-bond donors (Lipinski definition) is 2. The van der Waals surface area contributed by atoms with E-state index in [0.29, 0.717) is 22.3 Å². The molecule has 0 radical (unpaired) electrons. The van der Waals surface area contributed by atoms with Crippen molar-refractivity contribution in [1.29, 1.82) is 0 Å². The van der Waals surface area contributed by atoms with Crippen molar-refractivity contribution in [3.8, 4) is 22.9 Å². The zero-order valence-electron chi connectivity index (χ0n) is 22.9. The average Bonchev–Trinajstić information content (AvgIpc) is 3.63. The molecular formula is C29H29N5O5S2. The van der Waals surface area contributed by atoms with Crippen LogP contribution in [0.2, 0.25) is 0 Å². The normalized spacial score (nSPS) is 18.0. The van der Waals surface area contributed by atoms with Crippen molar-refractivity contribution >= 4 is 38.7 Å². The van der Waals surface area contributed by atoms with E-state index in [2.05, 4.69) is 39.5 Å². The SMILES string of the molecule is COc1cc(N2C(=S)N[C@H](c3ccccn3)[C@H]2c2cc(C)n(-c3ccc4c(c3)OCO4)c2C)ccc1NS(C)(=O)=O. The number of methoxy groups -OCH3 is 1. The van der Waals surface area contributed by atoms with E-state index in [-0.39, 0.29) is 18.9 Å². The molecule has 4 aromatic rings. The number of fused-ring (bicyclic) bond motifs is 1. The molecule has 0 saturated carbocycles. The Bertz CT molecular complexity index is 1760. The predicted octanol–water partition coefficient (Wildman–Crippen LogP) is 4.78. The Kier molecular flexibility index (Phi) is 6.74. The summed E-state index contributed by atoms with van der Waals surface area (Å²) >= 11 is 5.90. The van der Waals surface area contributed by atoms with E-state index in [0.717, 1.165) is 46.0 Å². The van der Waals surface area contributed by atoms with Gasteiger partial charge in [0.15, 0.2) is 16.6 Å². The van der Waals surface area contributed by atoms with Gasteiger partial charge in [-0.3, -0.25) is 9.71 Å². The third-order valence-electron chi connectivity index (χ3n) is 7.26. The van der Waals surface area contributed by atoms with Gasteiger partial charge in [-0.15, -0.1) is 0 Å². The highest BCUT2D eigenvalue weighted by molar-refractivity contribution is 7.92. The summed E-state index contributed by atoms with van der Waals surface area (Å²) in [6, 6.07) is 18.7. The summed E-state index contributed by atoms with van der Waals surface area (Å²) in [4.78, 5) is 6.69. The summed E-state index contributed by atoms with van der Waals surface area (Å²) in [6.07, 6.45) is 2.87. The monoisotopic (exact) mass is 591 g/mol. The highest BCUT2D eigenvalue weighted by atomic mass is 32.2. The number of anilines is 2. The summed E-state index contributed by atoms with van der Waals surface area (Å²) < 4.78 is 45.2. The molecule has 2 aliphatic heterocycles. The summed E-state index contributed by atoms with van der Waals surface area (Å²) in [5, 5.41) is 4.00. The number of ether oxygens (including phenoxy) is 3. The number of benzene rings is 2. The lowest BCUT2D eigenvalue weighted by Gasteiger charge is -2.29. The molecule has 212 valence electrons. The van der Waals surface area contributed by atoms with Gasteiger partial charge in [0.1, 0.15) is 5.75 Å². The molecule has 10 nitrogen and oxygen atoms in total. The Labute approximate surface area is 243 Å². The molecule has 6 rings (SSSR count). The molecule has 0 bridgehead atoms. The smallest absolute Gasteiger partial charge is 0.231 e. The van der Waals surface area contributed by atoms with Gasteiger partial charge in [-0.2, -0.15) is 0 Å². The minimum absolute atomic E-state index is 0.210. The number of nitrogens with one attached hydrogen (secondary N) is 2. The standard InChI is InChI=1S/C29H29N5O5S2/c1-17-13-21(18(2)33(17)19-9-11-24-26(15-19)39-16-38-24)28-27(23-7-5-6-12-30-23)31-29(40)34(28)20-8-10-22(25(14-20)37-3)32-41(4,35)36/h5-15,27-28,32H,16H2,1-4H3,(H,31,40)/t27-,28-/m1/s1. The number of thiocarbonyl (C=S) groups is 1. The van der Waals surface area contributed by atoms with Crippen molar-refractivity contribution in [2.45, 2.75) is 25.9 Å². The van der Waals surface area contributed by atoms with E-state index in [9.17, 15) is 8.42 Å². The number of hydrogen-bond acceptors (Lipinski definition) is 7. The van der Waals surface area contributed by atoms with Crippen LogP contribution in [-0.2, 0) is 10.0 Å². The molecule has 1 fully saturated rings. The van der Waals surface area contributed by atoms with Gasteiger partial charge < -0.3 is 29.0 Å². The van der Waals surface area contributed by atoms with Crippen molar-refractivity contribution in [3.63, 3.8) is 0 Å². The topological polar surface area (TPSA) is 107 Å². The van der Waals surface area contributed by atoms with Crippen LogP contribution in [0, 0.1) is 13.8 Å². The number of nitrogens with zero attached hydrogens (tertiary/aromatic N) is 3. The molecule has 41 heavy (non-hydrogen) atoms. The summed E-state index contributed by atoms with van der Waals surface area (Å²) in [5.41, 5.74) is 6.02. The highest BCUT2D eigenvalue weighted by Gasteiger charge is 2.42. The van der Waals surface area contributed by atoms with Crippen molar-refractivity contribution in [2.24, 2.45) is 0 Å². The fraction of sp³-hybridized carbons (Fsp3) is 0.241. The zero-order chi connectivity index (χ0) is 28.9. The lowest BCUT2D eigenvalue weighted by atomic mass is 9.96. The number of rotatable bonds is 7. The van der Waals surface area contributed by atoms with Crippen LogP contribution in [0.3, 0.4) is 0 Å². The molecule has 1 saturated heterocycles. The minimum atomic E-state index is -3.50.